The van der Waals surface area contributed by atoms with Crippen LogP contribution in [0.2, 0.25) is 0 Å². The zero-order valence-electron chi connectivity index (χ0n) is 12.5. The van der Waals surface area contributed by atoms with Crippen LogP contribution in [0.5, 0.6) is 0 Å². The number of hydrogen-bond acceptors (Lipinski definition) is 4. The molecule has 0 spiro atoms. The number of hydrogen-bond donors (Lipinski definition) is 2. The molecule has 1 heterocycles. The van der Waals surface area contributed by atoms with Gasteiger partial charge >= 0.3 is 0 Å². The lowest BCUT2D eigenvalue weighted by molar-refractivity contribution is 0.0344. The molecule has 0 saturated heterocycles. The van der Waals surface area contributed by atoms with Gasteiger partial charge in [-0.1, -0.05) is 27.7 Å². The van der Waals surface area contributed by atoms with E-state index in [1.807, 2.05) is 4.68 Å². The molecule has 0 atom stereocenters. The fourth-order valence-electron chi connectivity index (χ4n) is 2.49. The molecule has 5 nitrogen and oxygen atoms in total. The van der Waals surface area contributed by atoms with E-state index in [1.54, 1.807) is 6.33 Å². The average molecular weight is 269 g/mol. The Bertz CT molecular complexity index is 371. The van der Waals surface area contributed by atoms with Crippen molar-refractivity contribution in [3.05, 3.63) is 12.2 Å². The zero-order valence-corrected chi connectivity index (χ0v) is 12.5. The molecule has 0 bridgehead atoms. The Morgan fingerprint density at radius 3 is 2.26 bits per heavy atom. The molecule has 0 radical (unpaired) electrons. The predicted octanol–water partition coefficient (Wildman–Crippen LogP) is 1.49. The standard InChI is InChI=1S/C14H27N3O2/c1-11(2)5-14(8-18,9-19)6-13-15-10-16-17(13)7-12(3)4/h10-12,18-19H,5-9H2,1-4H3. The molecule has 1 aromatic heterocycles. The van der Waals surface area contributed by atoms with E-state index in [2.05, 4.69) is 37.8 Å². The SMILES string of the molecule is CC(C)Cn1ncnc1CC(CO)(CO)CC(C)C. The van der Waals surface area contributed by atoms with Gasteiger partial charge in [0.1, 0.15) is 12.2 Å². The van der Waals surface area contributed by atoms with Gasteiger partial charge in [0.25, 0.3) is 0 Å². The lowest BCUT2D eigenvalue weighted by Gasteiger charge is -2.31. The van der Waals surface area contributed by atoms with E-state index < -0.39 is 5.41 Å². The highest BCUT2D eigenvalue weighted by Crippen LogP contribution is 2.29. The fraction of sp³-hybridized carbons (Fsp3) is 0.857. The minimum Gasteiger partial charge on any atom is -0.396 e. The summed E-state index contributed by atoms with van der Waals surface area (Å²) in [7, 11) is 0. The van der Waals surface area contributed by atoms with Gasteiger partial charge in [0, 0.05) is 18.4 Å². The Morgan fingerprint density at radius 1 is 1.16 bits per heavy atom. The van der Waals surface area contributed by atoms with E-state index in [0.29, 0.717) is 18.3 Å². The van der Waals surface area contributed by atoms with E-state index in [1.165, 1.54) is 0 Å². The first-order valence-electron chi connectivity index (χ1n) is 7.01. The fourth-order valence-corrected chi connectivity index (χ4v) is 2.49. The van der Waals surface area contributed by atoms with E-state index in [0.717, 1.165) is 18.8 Å². The first-order chi connectivity index (χ1) is 8.92. The summed E-state index contributed by atoms with van der Waals surface area (Å²) >= 11 is 0. The van der Waals surface area contributed by atoms with Crippen LogP contribution in [0.1, 0.15) is 39.9 Å². The van der Waals surface area contributed by atoms with Crippen molar-refractivity contribution in [2.24, 2.45) is 17.3 Å². The summed E-state index contributed by atoms with van der Waals surface area (Å²) in [5.74, 6) is 1.75. The van der Waals surface area contributed by atoms with Crippen LogP contribution >= 0.6 is 0 Å². The molecule has 1 rings (SSSR count). The minimum absolute atomic E-state index is 0.0315. The molecule has 0 aromatic carbocycles. The normalized spacial score (nSPS) is 12.6. The van der Waals surface area contributed by atoms with Gasteiger partial charge in [-0.3, -0.25) is 0 Å². The van der Waals surface area contributed by atoms with E-state index in [4.69, 9.17) is 0 Å². The van der Waals surface area contributed by atoms with Crippen molar-refractivity contribution < 1.29 is 10.2 Å². The Hall–Kier alpha value is -0.940. The van der Waals surface area contributed by atoms with Crippen LogP contribution < -0.4 is 0 Å². The summed E-state index contributed by atoms with van der Waals surface area (Å²) < 4.78 is 1.88. The highest BCUT2D eigenvalue weighted by molar-refractivity contribution is 4.94. The lowest BCUT2D eigenvalue weighted by atomic mass is 9.78. The van der Waals surface area contributed by atoms with Gasteiger partial charge in [-0.15, -0.1) is 0 Å². The Morgan fingerprint density at radius 2 is 1.79 bits per heavy atom. The highest BCUT2D eigenvalue weighted by Gasteiger charge is 2.32. The molecular weight excluding hydrogens is 242 g/mol. The number of aliphatic hydroxyl groups is 2. The van der Waals surface area contributed by atoms with Crippen LogP contribution in [0.3, 0.4) is 0 Å². The summed E-state index contributed by atoms with van der Waals surface area (Å²) in [5, 5.41) is 23.6. The summed E-state index contributed by atoms with van der Waals surface area (Å²) in [6.07, 6.45) is 2.88. The second-order valence-electron chi connectivity index (χ2n) is 6.34. The zero-order chi connectivity index (χ0) is 14.5. The molecule has 0 aliphatic carbocycles. The molecule has 5 heteroatoms. The molecule has 19 heavy (non-hydrogen) atoms. The summed E-state index contributed by atoms with van der Waals surface area (Å²) in [4.78, 5) is 4.29. The van der Waals surface area contributed by atoms with Crippen molar-refractivity contribution in [3.8, 4) is 0 Å². The van der Waals surface area contributed by atoms with Gasteiger partial charge < -0.3 is 10.2 Å². The van der Waals surface area contributed by atoms with Crippen molar-refractivity contribution in [2.75, 3.05) is 13.2 Å². The third kappa shape index (κ3) is 4.58. The van der Waals surface area contributed by atoms with Crippen molar-refractivity contribution in [2.45, 2.75) is 47.1 Å². The van der Waals surface area contributed by atoms with E-state index in [-0.39, 0.29) is 13.2 Å². The number of rotatable bonds is 8. The van der Waals surface area contributed by atoms with Crippen LogP contribution in [0.25, 0.3) is 0 Å². The topological polar surface area (TPSA) is 71.2 Å². The molecule has 0 saturated carbocycles. The van der Waals surface area contributed by atoms with Gasteiger partial charge in [-0.05, 0) is 18.3 Å². The largest absolute Gasteiger partial charge is 0.396 e. The minimum atomic E-state index is -0.504. The van der Waals surface area contributed by atoms with Gasteiger partial charge in [-0.2, -0.15) is 5.10 Å². The van der Waals surface area contributed by atoms with Gasteiger partial charge in [0.2, 0.25) is 0 Å². The molecule has 0 fully saturated rings. The van der Waals surface area contributed by atoms with Crippen LogP contribution in [-0.2, 0) is 13.0 Å². The monoisotopic (exact) mass is 269 g/mol. The Labute approximate surface area is 115 Å². The van der Waals surface area contributed by atoms with E-state index in [9.17, 15) is 10.2 Å². The van der Waals surface area contributed by atoms with Crippen molar-refractivity contribution in [1.82, 2.24) is 14.8 Å². The van der Waals surface area contributed by atoms with Crippen LogP contribution in [0, 0.1) is 17.3 Å². The average Bonchev–Trinajstić information content (AvgIpc) is 2.74. The molecule has 2 N–H and O–H groups in total. The first kappa shape index (κ1) is 16.1. The third-order valence-corrected chi connectivity index (χ3v) is 3.28. The van der Waals surface area contributed by atoms with Gasteiger partial charge in [-0.25, -0.2) is 9.67 Å². The quantitative estimate of drug-likeness (QED) is 0.750. The van der Waals surface area contributed by atoms with Crippen molar-refractivity contribution in [1.29, 1.82) is 0 Å². The summed E-state index contributed by atoms with van der Waals surface area (Å²) in [6, 6.07) is 0. The van der Waals surface area contributed by atoms with E-state index >= 15 is 0 Å². The second-order valence-corrected chi connectivity index (χ2v) is 6.34. The maximum Gasteiger partial charge on any atom is 0.138 e. The molecule has 0 aliphatic rings. The summed E-state index contributed by atoms with van der Waals surface area (Å²) in [5.41, 5.74) is -0.504. The number of nitrogens with zero attached hydrogens (tertiary/aromatic N) is 3. The lowest BCUT2D eigenvalue weighted by Crippen LogP contribution is -2.35. The van der Waals surface area contributed by atoms with Gasteiger partial charge in [0.15, 0.2) is 0 Å². The second kappa shape index (κ2) is 7.01. The molecular formula is C14H27N3O2. The molecule has 0 unspecified atom stereocenters. The third-order valence-electron chi connectivity index (χ3n) is 3.28. The smallest absolute Gasteiger partial charge is 0.138 e. The summed E-state index contributed by atoms with van der Waals surface area (Å²) in [6.45, 7) is 9.20. The van der Waals surface area contributed by atoms with Crippen LogP contribution in [0.4, 0.5) is 0 Å². The Balaban J connectivity index is 2.87. The van der Waals surface area contributed by atoms with Crippen molar-refractivity contribution in [3.63, 3.8) is 0 Å². The van der Waals surface area contributed by atoms with Crippen LogP contribution in [-0.4, -0.2) is 38.2 Å². The van der Waals surface area contributed by atoms with Crippen molar-refractivity contribution >= 4 is 0 Å². The predicted molar refractivity (Wildman–Crippen MR) is 74.6 cm³/mol. The molecule has 0 aliphatic heterocycles. The first-order valence-corrected chi connectivity index (χ1v) is 7.01. The maximum atomic E-state index is 9.68. The molecule has 0 amide bonds. The number of aliphatic hydroxyl groups excluding tert-OH is 2. The Kier molecular flexibility index (Phi) is 5.94. The molecule has 1 aromatic rings. The van der Waals surface area contributed by atoms with Crippen LogP contribution in [0.15, 0.2) is 6.33 Å². The van der Waals surface area contributed by atoms with Gasteiger partial charge in [0.05, 0.1) is 13.2 Å². The number of aromatic nitrogens is 3. The molecule has 110 valence electrons. The highest BCUT2D eigenvalue weighted by atomic mass is 16.3. The maximum absolute atomic E-state index is 9.68.